The number of nitrogens with one attached hydrogen (secondary N) is 1. The summed E-state index contributed by atoms with van der Waals surface area (Å²) in [5.74, 6) is 0.624. The van der Waals surface area contributed by atoms with Crippen LogP contribution >= 0.6 is 0 Å². The van der Waals surface area contributed by atoms with Crippen molar-refractivity contribution in [1.82, 2.24) is 5.32 Å². The van der Waals surface area contributed by atoms with Crippen molar-refractivity contribution in [2.75, 3.05) is 13.2 Å². The van der Waals surface area contributed by atoms with Gasteiger partial charge < -0.3 is 20.3 Å². The molecule has 0 heterocycles. The molecule has 21 heavy (non-hydrogen) atoms. The van der Waals surface area contributed by atoms with E-state index in [1.165, 1.54) is 0 Å². The highest BCUT2D eigenvalue weighted by Crippen LogP contribution is 2.27. The van der Waals surface area contributed by atoms with E-state index in [0.717, 1.165) is 11.1 Å². The van der Waals surface area contributed by atoms with Crippen LogP contribution in [0.2, 0.25) is 0 Å². The van der Waals surface area contributed by atoms with Gasteiger partial charge in [-0.05, 0) is 30.2 Å². The lowest BCUT2D eigenvalue weighted by molar-refractivity contribution is 0.243. The van der Waals surface area contributed by atoms with E-state index in [-0.39, 0.29) is 18.4 Å². The van der Waals surface area contributed by atoms with Gasteiger partial charge in [0, 0.05) is 6.54 Å². The Balaban J connectivity index is 2.03. The second kappa shape index (κ2) is 7.67. The maximum Gasteiger partial charge on any atom is 0.161 e. The van der Waals surface area contributed by atoms with Crippen molar-refractivity contribution >= 4 is 0 Å². The zero-order chi connectivity index (χ0) is 15.1. The number of rotatable bonds is 7. The second-order valence-electron chi connectivity index (χ2n) is 4.76. The first kappa shape index (κ1) is 15.4. The summed E-state index contributed by atoms with van der Waals surface area (Å²) in [4.78, 5) is 0. The maximum absolute atomic E-state index is 9.68. The average Bonchev–Trinajstić information content (AvgIpc) is 2.52. The normalized spacial score (nSPS) is 12.1. The Labute approximate surface area is 125 Å². The molecule has 2 aromatic rings. The third kappa shape index (κ3) is 4.21. The summed E-state index contributed by atoms with van der Waals surface area (Å²) < 4.78 is 5.37. The monoisotopic (exact) mass is 287 g/mol. The van der Waals surface area contributed by atoms with Gasteiger partial charge in [0.1, 0.15) is 0 Å². The first-order valence-corrected chi connectivity index (χ1v) is 7.08. The van der Waals surface area contributed by atoms with Crippen LogP contribution in [-0.2, 0) is 6.54 Å². The summed E-state index contributed by atoms with van der Waals surface area (Å²) in [5, 5.41) is 22.5. The molecule has 0 spiro atoms. The first-order valence-electron chi connectivity index (χ1n) is 7.08. The number of ether oxygens (including phenoxy) is 1. The Morgan fingerprint density at radius 3 is 2.57 bits per heavy atom. The molecule has 4 heteroatoms. The fourth-order valence-electron chi connectivity index (χ4n) is 2.15. The first-order chi connectivity index (χ1) is 10.2. The minimum absolute atomic E-state index is 0.0282. The molecular formula is C17H21NO3. The number of aliphatic hydroxyl groups excluding tert-OH is 1. The molecule has 4 nitrogen and oxygen atoms in total. The predicted octanol–water partition coefficient (Wildman–Crippen LogP) is 2.61. The van der Waals surface area contributed by atoms with Crippen LogP contribution in [0, 0.1) is 0 Å². The van der Waals surface area contributed by atoms with Crippen LogP contribution in [0.15, 0.2) is 48.5 Å². The Morgan fingerprint density at radius 1 is 1.14 bits per heavy atom. The summed E-state index contributed by atoms with van der Waals surface area (Å²) in [6.07, 6.45) is 0. The molecular weight excluding hydrogens is 266 g/mol. The molecule has 112 valence electrons. The van der Waals surface area contributed by atoms with Gasteiger partial charge in [-0.1, -0.05) is 36.4 Å². The van der Waals surface area contributed by atoms with E-state index in [9.17, 15) is 10.2 Å². The van der Waals surface area contributed by atoms with Crippen molar-refractivity contribution in [1.29, 1.82) is 0 Å². The quantitative estimate of drug-likeness (QED) is 0.732. The van der Waals surface area contributed by atoms with E-state index in [1.54, 1.807) is 6.07 Å². The average molecular weight is 287 g/mol. The van der Waals surface area contributed by atoms with Crippen LogP contribution in [0.4, 0.5) is 0 Å². The van der Waals surface area contributed by atoms with Crippen LogP contribution in [0.3, 0.4) is 0 Å². The third-order valence-electron chi connectivity index (χ3n) is 3.26. The van der Waals surface area contributed by atoms with Gasteiger partial charge in [0.05, 0.1) is 19.3 Å². The van der Waals surface area contributed by atoms with Crippen LogP contribution in [0.25, 0.3) is 0 Å². The predicted molar refractivity (Wildman–Crippen MR) is 82.4 cm³/mol. The van der Waals surface area contributed by atoms with Gasteiger partial charge in [0.15, 0.2) is 11.5 Å². The molecule has 0 saturated carbocycles. The maximum atomic E-state index is 9.68. The van der Waals surface area contributed by atoms with Gasteiger partial charge in [0.2, 0.25) is 0 Å². The number of aliphatic hydroxyl groups is 1. The third-order valence-corrected chi connectivity index (χ3v) is 3.26. The van der Waals surface area contributed by atoms with E-state index < -0.39 is 0 Å². The van der Waals surface area contributed by atoms with E-state index in [2.05, 4.69) is 5.32 Å². The molecule has 0 aliphatic carbocycles. The van der Waals surface area contributed by atoms with Gasteiger partial charge in [-0.3, -0.25) is 0 Å². The fraction of sp³-hybridized carbons (Fsp3) is 0.294. The largest absolute Gasteiger partial charge is 0.504 e. The fourth-order valence-corrected chi connectivity index (χ4v) is 2.15. The lowest BCUT2D eigenvalue weighted by atomic mass is 10.1. The van der Waals surface area contributed by atoms with Gasteiger partial charge in [-0.15, -0.1) is 0 Å². The lowest BCUT2D eigenvalue weighted by Crippen LogP contribution is -2.23. The van der Waals surface area contributed by atoms with Crippen LogP contribution in [0.5, 0.6) is 11.5 Å². The number of phenols is 1. The molecule has 0 amide bonds. The SMILES string of the molecule is CCOc1cc(CN[C@H](CO)c2ccccc2)ccc1O. The lowest BCUT2D eigenvalue weighted by Gasteiger charge is -2.17. The van der Waals surface area contributed by atoms with Crippen molar-refractivity contribution in [3.63, 3.8) is 0 Å². The number of benzene rings is 2. The van der Waals surface area contributed by atoms with Crippen LogP contribution in [-0.4, -0.2) is 23.4 Å². The summed E-state index contributed by atoms with van der Waals surface area (Å²) in [5.41, 5.74) is 2.04. The molecule has 1 atom stereocenters. The number of aromatic hydroxyl groups is 1. The highest BCUT2D eigenvalue weighted by atomic mass is 16.5. The number of hydrogen-bond donors (Lipinski definition) is 3. The van der Waals surface area contributed by atoms with Gasteiger partial charge in [-0.25, -0.2) is 0 Å². The highest BCUT2D eigenvalue weighted by Gasteiger charge is 2.10. The second-order valence-corrected chi connectivity index (χ2v) is 4.76. The Morgan fingerprint density at radius 2 is 1.90 bits per heavy atom. The van der Waals surface area contributed by atoms with Gasteiger partial charge in [0.25, 0.3) is 0 Å². The van der Waals surface area contributed by atoms with E-state index >= 15 is 0 Å². The molecule has 0 radical (unpaired) electrons. The smallest absolute Gasteiger partial charge is 0.161 e. The Kier molecular flexibility index (Phi) is 5.60. The summed E-state index contributed by atoms with van der Waals surface area (Å²) in [6, 6.07) is 15.0. The van der Waals surface area contributed by atoms with E-state index in [0.29, 0.717) is 18.9 Å². The molecule has 0 unspecified atom stereocenters. The minimum Gasteiger partial charge on any atom is -0.504 e. The van der Waals surface area contributed by atoms with Crippen LogP contribution in [0.1, 0.15) is 24.1 Å². The summed E-state index contributed by atoms with van der Waals surface area (Å²) >= 11 is 0. The molecule has 2 rings (SSSR count). The van der Waals surface area contributed by atoms with Gasteiger partial charge >= 0.3 is 0 Å². The summed E-state index contributed by atoms with van der Waals surface area (Å²) in [7, 11) is 0. The zero-order valence-electron chi connectivity index (χ0n) is 12.1. The van der Waals surface area contributed by atoms with Crippen molar-refractivity contribution < 1.29 is 14.9 Å². The molecule has 0 aliphatic rings. The van der Waals surface area contributed by atoms with Crippen molar-refractivity contribution in [2.45, 2.75) is 19.5 Å². The van der Waals surface area contributed by atoms with E-state index in [1.807, 2.05) is 49.4 Å². The number of hydrogen-bond acceptors (Lipinski definition) is 4. The van der Waals surface area contributed by atoms with Gasteiger partial charge in [-0.2, -0.15) is 0 Å². The minimum atomic E-state index is -0.115. The van der Waals surface area contributed by atoms with E-state index in [4.69, 9.17) is 4.74 Å². The molecule has 0 fully saturated rings. The molecule has 0 aromatic heterocycles. The van der Waals surface area contributed by atoms with Crippen molar-refractivity contribution in [2.24, 2.45) is 0 Å². The standard InChI is InChI=1S/C17H21NO3/c1-2-21-17-10-13(8-9-16(17)20)11-18-15(12-19)14-6-4-3-5-7-14/h3-10,15,18-20H,2,11-12H2,1H3/t15-/m1/s1. The van der Waals surface area contributed by atoms with Crippen molar-refractivity contribution in [3.05, 3.63) is 59.7 Å². The molecule has 0 saturated heterocycles. The zero-order valence-corrected chi connectivity index (χ0v) is 12.1. The van der Waals surface area contributed by atoms with Crippen LogP contribution < -0.4 is 10.1 Å². The highest BCUT2D eigenvalue weighted by molar-refractivity contribution is 5.41. The Hall–Kier alpha value is -2.04. The topological polar surface area (TPSA) is 61.7 Å². The molecule has 2 aromatic carbocycles. The summed E-state index contributed by atoms with van der Waals surface area (Å²) in [6.45, 7) is 3.00. The Bertz CT molecular complexity index is 557. The molecule has 0 aliphatic heterocycles. The molecule has 3 N–H and O–H groups in total. The number of phenolic OH excluding ortho intramolecular Hbond substituents is 1. The van der Waals surface area contributed by atoms with Crippen molar-refractivity contribution in [3.8, 4) is 11.5 Å². The molecule has 0 bridgehead atoms.